The maximum atomic E-state index is 11.8. The molecular weight excluding hydrogens is 252 g/mol. The molecule has 104 valence electrons. The summed E-state index contributed by atoms with van der Waals surface area (Å²) in [6, 6.07) is 10.2. The first-order chi connectivity index (χ1) is 9.78. The standard InChI is InChI=1S/C16H18N2O2/c1-20-16(19)15-5-3-9-18(15)11-12-6-7-14-13(10-12)4-2-8-17-14/h2,4,6-8,10,15H,3,5,9,11H2,1H3. The molecule has 2 aromatic rings. The van der Waals surface area contributed by atoms with Crippen LogP contribution in [-0.2, 0) is 16.1 Å². The lowest BCUT2D eigenvalue weighted by atomic mass is 10.1. The third-order valence-corrected chi connectivity index (χ3v) is 3.89. The van der Waals surface area contributed by atoms with Gasteiger partial charge in [0.1, 0.15) is 6.04 Å². The number of likely N-dealkylation sites (tertiary alicyclic amines) is 1. The molecule has 0 N–H and O–H groups in total. The molecule has 1 aromatic heterocycles. The lowest BCUT2D eigenvalue weighted by Crippen LogP contribution is -2.36. The van der Waals surface area contributed by atoms with E-state index in [1.54, 1.807) is 6.20 Å². The van der Waals surface area contributed by atoms with Crippen molar-refractivity contribution >= 4 is 16.9 Å². The van der Waals surface area contributed by atoms with Crippen molar-refractivity contribution in [1.29, 1.82) is 0 Å². The Hall–Kier alpha value is -1.94. The zero-order valence-corrected chi connectivity index (χ0v) is 11.6. The van der Waals surface area contributed by atoms with Crippen LogP contribution >= 0.6 is 0 Å². The SMILES string of the molecule is COC(=O)C1CCCN1Cc1ccc2ncccc2c1. The van der Waals surface area contributed by atoms with E-state index in [4.69, 9.17) is 4.74 Å². The Labute approximate surface area is 118 Å². The van der Waals surface area contributed by atoms with Crippen LogP contribution < -0.4 is 0 Å². The molecule has 0 radical (unpaired) electrons. The summed E-state index contributed by atoms with van der Waals surface area (Å²) in [5, 5.41) is 1.14. The summed E-state index contributed by atoms with van der Waals surface area (Å²) in [7, 11) is 1.46. The van der Waals surface area contributed by atoms with Gasteiger partial charge >= 0.3 is 5.97 Å². The smallest absolute Gasteiger partial charge is 0.323 e. The predicted molar refractivity (Wildman–Crippen MR) is 77.2 cm³/mol. The number of pyridine rings is 1. The molecule has 4 nitrogen and oxygen atoms in total. The second kappa shape index (κ2) is 5.59. The van der Waals surface area contributed by atoms with Gasteiger partial charge in [-0.15, -0.1) is 0 Å². The van der Waals surface area contributed by atoms with Crippen LogP contribution in [0.3, 0.4) is 0 Å². The first-order valence-corrected chi connectivity index (χ1v) is 6.93. The highest BCUT2D eigenvalue weighted by Gasteiger charge is 2.31. The average Bonchev–Trinajstić information content (AvgIpc) is 2.94. The number of hydrogen-bond donors (Lipinski definition) is 0. The third-order valence-electron chi connectivity index (χ3n) is 3.89. The van der Waals surface area contributed by atoms with Crippen LogP contribution in [0.1, 0.15) is 18.4 Å². The molecule has 1 fully saturated rings. The molecule has 0 saturated carbocycles. The number of hydrogen-bond acceptors (Lipinski definition) is 4. The number of fused-ring (bicyclic) bond motifs is 1. The number of nitrogens with zero attached hydrogens (tertiary/aromatic N) is 2. The fraction of sp³-hybridized carbons (Fsp3) is 0.375. The number of carbonyl (C=O) groups is 1. The molecule has 0 amide bonds. The number of benzene rings is 1. The largest absolute Gasteiger partial charge is 0.468 e. The Kier molecular flexibility index (Phi) is 3.65. The van der Waals surface area contributed by atoms with Gasteiger partial charge in [0.2, 0.25) is 0 Å². The Morgan fingerprint density at radius 3 is 3.20 bits per heavy atom. The minimum Gasteiger partial charge on any atom is -0.468 e. The first-order valence-electron chi connectivity index (χ1n) is 6.93. The predicted octanol–water partition coefficient (Wildman–Crippen LogP) is 2.37. The quantitative estimate of drug-likeness (QED) is 0.803. The molecule has 0 spiro atoms. The van der Waals surface area contributed by atoms with Crippen molar-refractivity contribution in [3.8, 4) is 0 Å². The van der Waals surface area contributed by atoms with Crippen LogP contribution in [0, 0.1) is 0 Å². The molecule has 1 aromatic carbocycles. The van der Waals surface area contributed by atoms with Crippen LogP contribution in [0.15, 0.2) is 36.5 Å². The van der Waals surface area contributed by atoms with Gasteiger partial charge in [-0.3, -0.25) is 14.7 Å². The highest BCUT2D eigenvalue weighted by Crippen LogP contribution is 2.22. The lowest BCUT2D eigenvalue weighted by molar-refractivity contribution is -0.146. The van der Waals surface area contributed by atoms with E-state index in [1.807, 2.05) is 12.1 Å². The second-order valence-electron chi connectivity index (χ2n) is 5.18. The topological polar surface area (TPSA) is 42.4 Å². The van der Waals surface area contributed by atoms with Crippen molar-refractivity contribution in [2.24, 2.45) is 0 Å². The van der Waals surface area contributed by atoms with Crippen molar-refractivity contribution in [2.45, 2.75) is 25.4 Å². The number of esters is 1. The van der Waals surface area contributed by atoms with Crippen LogP contribution in [-0.4, -0.2) is 35.5 Å². The van der Waals surface area contributed by atoms with Crippen LogP contribution in [0.4, 0.5) is 0 Å². The number of ether oxygens (including phenoxy) is 1. The molecule has 0 bridgehead atoms. The van der Waals surface area contributed by atoms with E-state index in [1.165, 1.54) is 12.7 Å². The van der Waals surface area contributed by atoms with Crippen LogP contribution in [0.5, 0.6) is 0 Å². The minimum absolute atomic E-state index is 0.0930. The Morgan fingerprint density at radius 1 is 1.45 bits per heavy atom. The van der Waals surface area contributed by atoms with E-state index in [9.17, 15) is 4.79 Å². The fourth-order valence-electron chi connectivity index (χ4n) is 2.88. The molecule has 20 heavy (non-hydrogen) atoms. The molecule has 3 rings (SSSR count). The molecule has 1 atom stereocenters. The van der Waals surface area contributed by atoms with Crippen molar-refractivity contribution in [2.75, 3.05) is 13.7 Å². The second-order valence-corrected chi connectivity index (χ2v) is 5.18. The monoisotopic (exact) mass is 270 g/mol. The normalized spacial score (nSPS) is 19.4. The molecule has 1 aliphatic rings. The van der Waals surface area contributed by atoms with E-state index < -0.39 is 0 Å². The summed E-state index contributed by atoms with van der Waals surface area (Å²) in [5.74, 6) is -0.120. The lowest BCUT2D eigenvalue weighted by Gasteiger charge is -2.22. The van der Waals surface area contributed by atoms with Gasteiger partial charge in [0.05, 0.1) is 12.6 Å². The van der Waals surface area contributed by atoms with E-state index in [0.29, 0.717) is 0 Å². The fourth-order valence-corrected chi connectivity index (χ4v) is 2.88. The minimum atomic E-state index is -0.120. The number of rotatable bonds is 3. The van der Waals surface area contributed by atoms with Crippen molar-refractivity contribution in [1.82, 2.24) is 9.88 Å². The van der Waals surface area contributed by atoms with Crippen molar-refractivity contribution < 1.29 is 9.53 Å². The molecule has 1 aliphatic heterocycles. The van der Waals surface area contributed by atoms with E-state index >= 15 is 0 Å². The van der Waals surface area contributed by atoms with Gasteiger partial charge < -0.3 is 4.74 Å². The molecule has 4 heteroatoms. The van der Waals surface area contributed by atoms with Gasteiger partial charge in [-0.05, 0) is 43.1 Å². The van der Waals surface area contributed by atoms with E-state index in [-0.39, 0.29) is 12.0 Å². The maximum absolute atomic E-state index is 11.8. The molecule has 0 aliphatic carbocycles. The summed E-state index contributed by atoms with van der Waals surface area (Å²) in [6.45, 7) is 1.73. The third kappa shape index (κ3) is 2.51. The summed E-state index contributed by atoms with van der Waals surface area (Å²) < 4.78 is 4.88. The zero-order valence-electron chi connectivity index (χ0n) is 11.6. The molecular formula is C16H18N2O2. The zero-order chi connectivity index (χ0) is 13.9. The summed E-state index contributed by atoms with van der Waals surface area (Å²) >= 11 is 0. The first kappa shape index (κ1) is 13.1. The summed E-state index contributed by atoms with van der Waals surface area (Å²) in [6.07, 6.45) is 3.74. The highest BCUT2D eigenvalue weighted by molar-refractivity contribution is 5.79. The molecule has 1 unspecified atom stereocenters. The van der Waals surface area contributed by atoms with Gasteiger partial charge in [0.15, 0.2) is 0 Å². The summed E-state index contributed by atoms with van der Waals surface area (Å²) in [4.78, 5) is 18.3. The summed E-state index contributed by atoms with van der Waals surface area (Å²) in [5.41, 5.74) is 2.21. The number of carbonyl (C=O) groups excluding carboxylic acids is 1. The number of aromatic nitrogens is 1. The van der Waals surface area contributed by atoms with E-state index in [0.717, 1.165) is 36.8 Å². The highest BCUT2D eigenvalue weighted by atomic mass is 16.5. The Bertz CT molecular complexity index is 627. The van der Waals surface area contributed by atoms with Crippen molar-refractivity contribution in [3.05, 3.63) is 42.1 Å². The van der Waals surface area contributed by atoms with Gasteiger partial charge in [-0.1, -0.05) is 12.1 Å². The van der Waals surface area contributed by atoms with Gasteiger partial charge in [0, 0.05) is 18.1 Å². The van der Waals surface area contributed by atoms with Crippen LogP contribution in [0.2, 0.25) is 0 Å². The number of methoxy groups -OCH3 is 1. The van der Waals surface area contributed by atoms with Crippen molar-refractivity contribution in [3.63, 3.8) is 0 Å². The average molecular weight is 270 g/mol. The molecule has 2 heterocycles. The Balaban J connectivity index is 1.80. The van der Waals surface area contributed by atoms with Gasteiger partial charge in [0.25, 0.3) is 0 Å². The van der Waals surface area contributed by atoms with Crippen LogP contribution in [0.25, 0.3) is 10.9 Å². The maximum Gasteiger partial charge on any atom is 0.323 e. The van der Waals surface area contributed by atoms with Gasteiger partial charge in [-0.25, -0.2) is 0 Å². The van der Waals surface area contributed by atoms with Gasteiger partial charge in [-0.2, -0.15) is 0 Å². The Morgan fingerprint density at radius 2 is 2.35 bits per heavy atom. The van der Waals surface area contributed by atoms with E-state index in [2.05, 4.69) is 28.1 Å². The molecule has 1 saturated heterocycles.